The van der Waals surface area contributed by atoms with E-state index in [-0.39, 0.29) is 17.7 Å². The number of anilines is 1. The monoisotopic (exact) mass is 429 g/mol. The molecule has 32 heavy (non-hydrogen) atoms. The maximum atomic E-state index is 13.1. The summed E-state index contributed by atoms with van der Waals surface area (Å²) in [6.07, 6.45) is 0.740. The summed E-state index contributed by atoms with van der Waals surface area (Å²) in [6, 6.07) is 17.2. The van der Waals surface area contributed by atoms with E-state index in [4.69, 9.17) is 4.98 Å². The van der Waals surface area contributed by atoms with Crippen LogP contribution in [0.3, 0.4) is 0 Å². The van der Waals surface area contributed by atoms with Gasteiger partial charge in [-0.2, -0.15) is 0 Å². The molecule has 5 rings (SSSR count). The average molecular weight is 430 g/mol. The number of amides is 1. The van der Waals surface area contributed by atoms with Crippen LogP contribution in [0.1, 0.15) is 16.8 Å². The zero-order valence-electron chi connectivity index (χ0n) is 18.2. The first-order valence-electron chi connectivity index (χ1n) is 11.1. The van der Waals surface area contributed by atoms with Crippen molar-refractivity contribution in [3.8, 4) is 17.1 Å². The Balaban J connectivity index is 1.26. The summed E-state index contributed by atoms with van der Waals surface area (Å²) in [5, 5.41) is 13.6. The molecule has 2 N–H and O–H groups in total. The molecule has 1 saturated heterocycles. The van der Waals surface area contributed by atoms with Crippen molar-refractivity contribution in [3.05, 3.63) is 71.4 Å². The number of hydrogen-bond acceptors (Lipinski definition) is 6. The summed E-state index contributed by atoms with van der Waals surface area (Å²) in [7, 11) is 0. The van der Waals surface area contributed by atoms with Gasteiger partial charge in [-0.25, -0.2) is 9.97 Å². The van der Waals surface area contributed by atoms with Gasteiger partial charge in [0.25, 0.3) is 0 Å². The van der Waals surface area contributed by atoms with Crippen LogP contribution in [-0.2, 0) is 17.8 Å². The van der Waals surface area contributed by atoms with Crippen LogP contribution in [0.15, 0.2) is 54.6 Å². The maximum Gasteiger partial charge on any atom is 0.240 e. The SMILES string of the molecule is Cc1cc(N2CCN(C(=O)[C@H]3Cc4ccccc4CN3)CC2)nc(-c2ccccc2O)n1. The number of para-hydroxylation sites is 1. The number of fused-ring (bicyclic) bond motifs is 1. The number of piperazine rings is 1. The van der Waals surface area contributed by atoms with Gasteiger partial charge in [-0.05, 0) is 36.6 Å². The van der Waals surface area contributed by atoms with Crippen LogP contribution in [0.5, 0.6) is 5.75 Å². The molecule has 164 valence electrons. The molecule has 1 aromatic heterocycles. The van der Waals surface area contributed by atoms with Crippen molar-refractivity contribution in [1.82, 2.24) is 20.2 Å². The lowest BCUT2D eigenvalue weighted by Crippen LogP contribution is -2.55. The van der Waals surface area contributed by atoms with Crippen LogP contribution in [0.25, 0.3) is 11.4 Å². The summed E-state index contributed by atoms with van der Waals surface area (Å²) >= 11 is 0. The number of phenols is 1. The van der Waals surface area contributed by atoms with Crippen molar-refractivity contribution in [3.63, 3.8) is 0 Å². The van der Waals surface area contributed by atoms with Crippen molar-refractivity contribution >= 4 is 11.7 Å². The topological polar surface area (TPSA) is 81.6 Å². The van der Waals surface area contributed by atoms with Gasteiger partial charge in [-0.1, -0.05) is 36.4 Å². The standard InChI is InChI=1S/C25H27N5O2/c1-17-14-23(28-24(27-17)20-8-4-5-9-22(20)31)29-10-12-30(13-11-29)25(32)21-15-18-6-2-3-7-19(18)16-26-21/h2-9,14,21,26,31H,10-13,15-16H2,1H3/t21-/m1/s1. The molecule has 0 bridgehead atoms. The number of phenolic OH excluding ortho intramolecular Hbond substituents is 1. The number of aromatic hydroxyl groups is 1. The highest BCUT2D eigenvalue weighted by Gasteiger charge is 2.30. The third-order valence-corrected chi connectivity index (χ3v) is 6.28. The van der Waals surface area contributed by atoms with Crippen LogP contribution in [0.2, 0.25) is 0 Å². The van der Waals surface area contributed by atoms with Crippen molar-refractivity contribution in [2.45, 2.75) is 25.9 Å². The van der Waals surface area contributed by atoms with Gasteiger partial charge in [0.2, 0.25) is 5.91 Å². The molecule has 0 radical (unpaired) electrons. The molecular formula is C25H27N5O2. The Morgan fingerprint density at radius 1 is 1.00 bits per heavy atom. The lowest BCUT2D eigenvalue weighted by Gasteiger charge is -2.38. The zero-order valence-corrected chi connectivity index (χ0v) is 18.2. The molecule has 2 aliphatic heterocycles. The van der Waals surface area contributed by atoms with Crippen LogP contribution >= 0.6 is 0 Å². The lowest BCUT2D eigenvalue weighted by atomic mass is 9.95. The van der Waals surface area contributed by atoms with Gasteiger partial charge in [-0.3, -0.25) is 4.79 Å². The highest BCUT2D eigenvalue weighted by Crippen LogP contribution is 2.28. The largest absolute Gasteiger partial charge is 0.507 e. The molecular weight excluding hydrogens is 402 g/mol. The summed E-state index contributed by atoms with van der Waals surface area (Å²) in [4.78, 5) is 26.5. The number of carbonyl (C=O) groups excluding carboxylic acids is 1. The quantitative estimate of drug-likeness (QED) is 0.666. The van der Waals surface area contributed by atoms with Gasteiger partial charge in [0.15, 0.2) is 5.82 Å². The predicted molar refractivity (Wildman–Crippen MR) is 123 cm³/mol. The number of rotatable bonds is 3. The smallest absolute Gasteiger partial charge is 0.240 e. The highest BCUT2D eigenvalue weighted by atomic mass is 16.3. The second-order valence-electron chi connectivity index (χ2n) is 8.43. The van der Waals surface area contributed by atoms with Crippen LogP contribution in [0.4, 0.5) is 5.82 Å². The molecule has 0 unspecified atom stereocenters. The number of aromatic nitrogens is 2. The summed E-state index contributed by atoms with van der Waals surface area (Å²) in [6.45, 7) is 5.42. The fraction of sp³-hybridized carbons (Fsp3) is 0.320. The van der Waals surface area contributed by atoms with E-state index in [1.807, 2.05) is 42.2 Å². The fourth-order valence-electron chi connectivity index (χ4n) is 4.50. The molecule has 0 saturated carbocycles. The van der Waals surface area contributed by atoms with Crippen molar-refractivity contribution in [2.24, 2.45) is 0 Å². The molecule has 7 nitrogen and oxygen atoms in total. The number of hydrogen-bond donors (Lipinski definition) is 2. The number of carbonyl (C=O) groups is 1. The molecule has 0 spiro atoms. The van der Waals surface area contributed by atoms with Crippen LogP contribution < -0.4 is 10.2 Å². The van der Waals surface area contributed by atoms with Gasteiger partial charge in [-0.15, -0.1) is 0 Å². The Kier molecular flexibility index (Phi) is 5.49. The predicted octanol–water partition coefficient (Wildman–Crippen LogP) is 2.52. The van der Waals surface area contributed by atoms with E-state index in [0.29, 0.717) is 37.6 Å². The molecule has 7 heteroatoms. The fourth-order valence-corrected chi connectivity index (χ4v) is 4.50. The highest BCUT2D eigenvalue weighted by molar-refractivity contribution is 5.83. The summed E-state index contributed by atoms with van der Waals surface area (Å²) < 4.78 is 0. The second-order valence-corrected chi connectivity index (χ2v) is 8.43. The molecule has 3 heterocycles. The van der Waals surface area contributed by atoms with E-state index in [1.54, 1.807) is 12.1 Å². The number of nitrogens with one attached hydrogen (secondary N) is 1. The van der Waals surface area contributed by atoms with Crippen LogP contribution in [0, 0.1) is 6.92 Å². The molecule has 2 aliphatic rings. The second kappa shape index (κ2) is 8.59. The van der Waals surface area contributed by atoms with E-state index in [9.17, 15) is 9.90 Å². The lowest BCUT2D eigenvalue weighted by molar-refractivity contribution is -0.134. The van der Waals surface area contributed by atoms with Gasteiger partial charge in [0, 0.05) is 44.5 Å². The first kappa shape index (κ1) is 20.5. The average Bonchev–Trinajstić information content (AvgIpc) is 2.83. The van der Waals surface area contributed by atoms with Gasteiger partial charge < -0.3 is 20.2 Å². The number of nitrogens with zero attached hydrogens (tertiary/aromatic N) is 4. The van der Waals surface area contributed by atoms with E-state index in [2.05, 4.69) is 27.3 Å². The molecule has 1 amide bonds. The normalized spacial score (nSPS) is 18.3. The van der Waals surface area contributed by atoms with Crippen molar-refractivity contribution in [2.75, 3.05) is 31.1 Å². The first-order valence-corrected chi connectivity index (χ1v) is 11.1. The van der Waals surface area contributed by atoms with E-state index < -0.39 is 0 Å². The minimum absolute atomic E-state index is 0.162. The molecule has 1 atom stereocenters. The summed E-state index contributed by atoms with van der Waals surface area (Å²) in [5.74, 6) is 1.68. The van der Waals surface area contributed by atoms with Gasteiger partial charge in [0.05, 0.1) is 11.6 Å². The molecule has 0 aliphatic carbocycles. The summed E-state index contributed by atoms with van der Waals surface area (Å²) in [5.41, 5.74) is 4.00. The molecule has 2 aromatic carbocycles. The Bertz CT molecular complexity index is 1140. The Hall–Kier alpha value is -3.45. The maximum absolute atomic E-state index is 13.1. The van der Waals surface area contributed by atoms with Gasteiger partial charge in [0.1, 0.15) is 11.6 Å². The van der Waals surface area contributed by atoms with Crippen LogP contribution in [-0.4, -0.2) is 58.1 Å². The molecule has 1 fully saturated rings. The van der Waals surface area contributed by atoms with E-state index >= 15 is 0 Å². The molecule has 3 aromatic rings. The third kappa shape index (κ3) is 4.03. The van der Waals surface area contributed by atoms with Crippen molar-refractivity contribution in [1.29, 1.82) is 0 Å². The van der Waals surface area contributed by atoms with Gasteiger partial charge >= 0.3 is 0 Å². The Morgan fingerprint density at radius 2 is 1.72 bits per heavy atom. The van der Waals surface area contributed by atoms with E-state index in [1.165, 1.54) is 11.1 Å². The first-order chi connectivity index (χ1) is 15.6. The van der Waals surface area contributed by atoms with Crippen molar-refractivity contribution < 1.29 is 9.90 Å². The minimum atomic E-state index is -0.162. The third-order valence-electron chi connectivity index (χ3n) is 6.28. The zero-order chi connectivity index (χ0) is 22.1. The Morgan fingerprint density at radius 3 is 2.50 bits per heavy atom. The minimum Gasteiger partial charge on any atom is -0.507 e. The van der Waals surface area contributed by atoms with E-state index in [0.717, 1.165) is 24.5 Å². The Labute approximate surface area is 187 Å². The number of benzene rings is 2. The number of aryl methyl sites for hydroxylation is 1.